The molecule has 0 bridgehead atoms. The third kappa shape index (κ3) is 4.69. The molecular weight excluding hydrogens is 275 g/mol. The maximum Gasteiger partial charge on any atom is 0.401 e. The zero-order valence-corrected chi connectivity index (χ0v) is 11.2. The lowest BCUT2D eigenvalue weighted by Gasteiger charge is -2.23. The predicted molar refractivity (Wildman–Crippen MR) is 69.6 cm³/mol. The highest BCUT2D eigenvalue weighted by Gasteiger charge is 2.30. The van der Waals surface area contributed by atoms with Gasteiger partial charge in [-0.1, -0.05) is 6.92 Å². The summed E-state index contributed by atoms with van der Waals surface area (Å²) in [5.74, 6) is 0. The molecule has 5 nitrogen and oxygen atoms in total. The number of nitro groups is 1. The summed E-state index contributed by atoms with van der Waals surface area (Å²) in [6.45, 7) is 0.761. The molecule has 8 heteroatoms. The molecular formula is C12H16F3N3O2. The van der Waals surface area contributed by atoms with Crippen LogP contribution in [0.4, 0.5) is 24.5 Å². The highest BCUT2D eigenvalue weighted by molar-refractivity contribution is 5.55. The Balaban J connectivity index is 2.98. The van der Waals surface area contributed by atoms with E-state index in [1.54, 1.807) is 14.0 Å². The quantitative estimate of drug-likeness (QED) is 0.646. The standard InChI is InChI=1S/C12H16F3N3O2/c1-3-17(8-12(13,14)15)7-9-6-10(18(19)20)4-5-11(9)16-2/h4-6,16H,3,7-8H2,1-2H3. The second-order valence-corrected chi connectivity index (χ2v) is 4.27. The van der Waals surface area contributed by atoms with Crippen LogP contribution in [0, 0.1) is 10.1 Å². The van der Waals surface area contributed by atoms with Crippen molar-refractivity contribution in [2.24, 2.45) is 0 Å². The minimum absolute atomic E-state index is 0.00609. The van der Waals surface area contributed by atoms with Crippen molar-refractivity contribution in [2.45, 2.75) is 19.6 Å². The van der Waals surface area contributed by atoms with E-state index in [9.17, 15) is 23.3 Å². The molecule has 0 aliphatic carbocycles. The fourth-order valence-corrected chi connectivity index (χ4v) is 1.84. The molecule has 0 amide bonds. The molecule has 0 heterocycles. The summed E-state index contributed by atoms with van der Waals surface area (Å²) in [7, 11) is 1.62. The van der Waals surface area contributed by atoms with Crippen LogP contribution >= 0.6 is 0 Å². The number of nitro benzene ring substituents is 1. The van der Waals surface area contributed by atoms with Gasteiger partial charge in [0.15, 0.2) is 0 Å². The van der Waals surface area contributed by atoms with Crippen LogP contribution in [-0.4, -0.2) is 36.1 Å². The van der Waals surface area contributed by atoms with Gasteiger partial charge in [0.1, 0.15) is 0 Å². The van der Waals surface area contributed by atoms with Crippen molar-refractivity contribution in [3.05, 3.63) is 33.9 Å². The molecule has 1 aromatic carbocycles. The molecule has 20 heavy (non-hydrogen) atoms. The Morgan fingerprint density at radius 1 is 1.40 bits per heavy atom. The number of anilines is 1. The monoisotopic (exact) mass is 291 g/mol. The van der Waals surface area contributed by atoms with E-state index < -0.39 is 17.6 Å². The van der Waals surface area contributed by atoms with E-state index in [0.717, 1.165) is 0 Å². The van der Waals surface area contributed by atoms with Crippen LogP contribution in [0.3, 0.4) is 0 Å². The van der Waals surface area contributed by atoms with Gasteiger partial charge in [0.25, 0.3) is 5.69 Å². The van der Waals surface area contributed by atoms with Crippen LogP contribution < -0.4 is 5.32 Å². The second-order valence-electron chi connectivity index (χ2n) is 4.27. The van der Waals surface area contributed by atoms with E-state index in [2.05, 4.69) is 5.32 Å². The van der Waals surface area contributed by atoms with E-state index in [4.69, 9.17) is 0 Å². The lowest BCUT2D eigenvalue weighted by Crippen LogP contribution is -2.33. The first-order chi connectivity index (χ1) is 9.26. The molecule has 1 N–H and O–H groups in total. The Morgan fingerprint density at radius 3 is 2.50 bits per heavy atom. The van der Waals surface area contributed by atoms with Crippen molar-refractivity contribution in [2.75, 3.05) is 25.5 Å². The molecule has 0 aliphatic heterocycles. The predicted octanol–water partition coefficient (Wildman–Crippen LogP) is 3.02. The Bertz CT molecular complexity index is 478. The number of non-ortho nitro benzene ring substituents is 1. The topological polar surface area (TPSA) is 58.4 Å². The fraction of sp³-hybridized carbons (Fsp3) is 0.500. The Labute approximate surface area is 114 Å². The van der Waals surface area contributed by atoms with Gasteiger partial charge in [-0.15, -0.1) is 0 Å². The molecule has 0 fully saturated rings. The van der Waals surface area contributed by atoms with Crippen molar-refractivity contribution >= 4 is 11.4 Å². The first-order valence-corrected chi connectivity index (χ1v) is 6.01. The van der Waals surface area contributed by atoms with Gasteiger partial charge in [-0.2, -0.15) is 13.2 Å². The summed E-state index contributed by atoms with van der Waals surface area (Å²) in [6.07, 6.45) is -4.30. The van der Waals surface area contributed by atoms with Gasteiger partial charge in [0, 0.05) is 31.4 Å². The first-order valence-electron chi connectivity index (χ1n) is 6.01. The summed E-state index contributed by atoms with van der Waals surface area (Å²) < 4.78 is 37.3. The molecule has 0 radical (unpaired) electrons. The van der Waals surface area contributed by atoms with Gasteiger partial charge < -0.3 is 5.32 Å². The number of alkyl halides is 3. The number of hydrogen-bond donors (Lipinski definition) is 1. The van der Waals surface area contributed by atoms with Crippen molar-refractivity contribution in [3.8, 4) is 0 Å². The minimum Gasteiger partial charge on any atom is -0.388 e. The molecule has 0 aliphatic rings. The Kier molecular flexibility index (Phi) is 5.32. The normalized spacial score (nSPS) is 11.7. The third-order valence-corrected chi connectivity index (χ3v) is 2.81. The number of rotatable bonds is 6. The Hall–Kier alpha value is -1.83. The molecule has 0 unspecified atom stereocenters. The first kappa shape index (κ1) is 16.2. The van der Waals surface area contributed by atoms with Gasteiger partial charge >= 0.3 is 6.18 Å². The number of nitrogens with zero attached hydrogens (tertiary/aromatic N) is 2. The van der Waals surface area contributed by atoms with Crippen molar-refractivity contribution in [1.29, 1.82) is 0 Å². The highest BCUT2D eigenvalue weighted by Crippen LogP contribution is 2.25. The minimum atomic E-state index is -4.30. The summed E-state index contributed by atoms with van der Waals surface area (Å²) in [5.41, 5.74) is 0.908. The van der Waals surface area contributed by atoms with Crippen LogP contribution in [0.25, 0.3) is 0 Å². The number of hydrogen-bond acceptors (Lipinski definition) is 4. The number of nitrogens with one attached hydrogen (secondary N) is 1. The van der Waals surface area contributed by atoms with E-state index >= 15 is 0 Å². The SMILES string of the molecule is CCN(Cc1cc([N+](=O)[O-])ccc1NC)CC(F)(F)F. The van der Waals surface area contributed by atoms with Crippen LogP contribution in [0.15, 0.2) is 18.2 Å². The van der Waals surface area contributed by atoms with Crippen molar-refractivity contribution in [3.63, 3.8) is 0 Å². The van der Waals surface area contributed by atoms with Gasteiger partial charge in [0.2, 0.25) is 0 Å². The molecule has 1 aromatic rings. The van der Waals surface area contributed by atoms with Crippen molar-refractivity contribution < 1.29 is 18.1 Å². The summed E-state index contributed by atoms with van der Waals surface area (Å²) in [4.78, 5) is 11.3. The van der Waals surface area contributed by atoms with E-state index in [0.29, 0.717) is 11.3 Å². The Morgan fingerprint density at radius 2 is 2.05 bits per heavy atom. The molecule has 1 rings (SSSR count). The molecule has 0 atom stereocenters. The second kappa shape index (κ2) is 6.56. The smallest absolute Gasteiger partial charge is 0.388 e. The van der Waals surface area contributed by atoms with Gasteiger partial charge in [0.05, 0.1) is 11.5 Å². The molecule has 0 saturated carbocycles. The lowest BCUT2D eigenvalue weighted by atomic mass is 10.1. The average molecular weight is 291 g/mol. The van der Waals surface area contributed by atoms with Gasteiger partial charge in [-0.05, 0) is 18.2 Å². The summed E-state index contributed by atoms with van der Waals surface area (Å²) >= 11 is 0. The van der Waals surface area contributed by atoms with Gasteiger partial charge in [-0.3, -0.25) is 15.0 Å². The van der Waals surface area contributed by atoms with E-state index in [1.165, 1.54) is 23.1 Å². The maximum absolute atomic E-state index is 12.4. The van der Waals surface area contributed by atoms with Crippen LogP contribution in [0.1, 0.15) is 12.5 Å². The van der Waals surface area contributed by atoms with Crippen molar-refractivity contribution in [1.82, 2.24) is 4.90 Å². The van der Waals surface area contributed by atoms with E-state index in [-0.39, 0.29) is 18.8 Å². The molecule has 0 aromatic heterocycles. The molecule has 0 saturated heterocycles. The lowest BCUT2D eigenvalue weighted by molar-refractivity contribution is -0.384. The molecule has 112 valence electrons. The molecule has 0 spiro atoms. The number of benzene rings is 1. The summed E-state index contributed by atoms with van der Waals surface area (Å²) in [5, 5.41) is 13.6. The third-order valence-electron chi connectivity index (χ3n) is 2.81. The zero-order chi connectivity index (χ0) is 15.3. The zero-order valence-electron chi connectivity index (χ0n) is 11.2. The van der Waals surface area contributed by atoms with Crippen LogP contribution in [0.2, 0.25) is 0 Å². The fourth-order valence-electron chi connectivity index (χ4n) is 1.84. The van der Waals surface area contributed by atoms with Crippen LogP contribution in [-0.2, 0) is 6.54 Å². The largest absolute Gasteiger partial charge is 0.401 e. The van der Waals surface area contributed by atoms with E-state index in [1.807, 2.05) is 0 Å². The summed E-state index contributed by atoms with van der Waals surface area (Å²) in [6, 6.07) is 4.11. The van der Waals surface area contributed by atoms with Gasteiger partial charge in [-0.25, -0.2) is 0 Å². The van der Waals surface area contributed by atoms with Crippen LogP contribution in [0.5, 0.6) is 0 Å². The highest BCUT2D eigenvalue weighted by atomic mass is 19.4. The number of halogens is 3. The maximum atomic E-state index is 12.4. The average Bonchev–Trinajstić information content (AvgIpc) is 2.36.